The molecule has 3 N–H and O–H groups in total. The lowest BCUT2D eigenvalue weighted by Gasteiger charge is -2.30. The summed E-state index contributed by atoms with van der Waals surface area (Å²) in [4.78, 5) is 28.8. The first-order valence-electron chi connectivity index (χ1n) is 6.02. The molecule has 1 saturated heterocycles. The normalized spacial score (nSPS) is 19.0. The first-order valence-corrected chi connectivity index (χ1v) is 6.02. The van der Waals surface area contributed by atoms with Crippen molar-refractivity contribution in [1.29, 1.82) is 0 Å². The fourth-order valence-corrected chi connectivity index (χ4v) is 1.83. The summed E-state index contributed by atoms with van der Waals surface area (Å²) in [5, 5.41) is 3.20. The highest BCUT2D eigenvalue weighted by atomic mass is 16.6. The van der Waals surface area contributed by atoms with E-state index in [1.807, 2.05) is 6.92 Å². The van der Waals surface area contributed by atoms with E-state index in [1.54, 1.807) is 0 Å². The van der Waals surface area contributed by atoms with Gasteiger partial charge in [-0.1, -0.05) is 0 Å². The molecule has 1 aliphatic heterocycles. The van der Waals surface area contributed by atoms with Gasteiger partial charge in [0.25, 0.3) is 0 Å². The van der Waals surface area contributed by atoms with E-state index in [0.717, 1.165) is 0 Å². The fourth-order valence-electron chi connectivity index (χ4n) is 1.83. The number of anilines is 1. The van der Waals surface area contributed by atoms with Gasteiger partial charge in [-0.15, -0.1) is 0 Å². The molecule has 0 saturated carbocycles. The van der Waals surface area contributed by atoms with Crippen LogP contribution in [0.2, 0.25) is 0 Å². The van der Waals surface area contributed by atoms with Gasteiger partial charge in [0.05, 0.1) is 5.56 Å². The molecule has 7 nitrogen and oxygen atoms in total. The van der Waals surface area contributed by atoms with Crippen LogP contribution in [0.3, 0.4) is 0 Å². The molecule has 0 aromatic carbocycles. The van der Waals surface area contributed by atoms with Gasteiger partial charge in [0.1, 0.15) is 5.82 Å². The van der Waals surface area contributed by atoms with Crippen LogP contribution in [0.4, 0.5) is 10.6 Å². The van der Waals surface area contributed by atoms with Crippen molar-refractivity contribution in [2.75, 3.05) is 25.4 Å². The SMILES string of the molecule is CC1CN(C(=O)OC(=O)c2ccc(N)nc2)CCN1. The number of rotatable bonds is 1. The van der Waals surface area contributed by atoms with Crippen molar-refractivity contribution < 1.29 is 14.3 Å². The molecule has 7 heteroatoms. The Hall–Kier alpha value is -2.15. The number of ether oxygens (including phenoxy) is 1. The van der Waals surface area contributed by atoms with Crippen molar-refractivity contribution in [1.82, 2.24) is 15.2 Å². The van der Waals surface area contributed by atoms with Crippen LogP contribution >= 0.6 is 0 Å². The lowest BCUT2D eigenvalue weighted by atomic mass is 10.2. The number of hydrogen-bond donors (Lipinski definition) is 2. The van der Waals surface area contributed by atoms with Crippen LogP contribution in [-0.4, -0.2) is 47.6 Å². The largest absolute Gasteiger partial charge is 0.417 e. The van der Waals surface area contributed by atoms with Crippen molar-refractivity contribution in [2.24, 2.45) is 0 Å². The first kappa shape index (κ1) is 13.3. The third-order valence-electron chi connectivity index (χ3n) is 2.83. The number of pyridine rings is 1. The zero-order valence-electron chi connectivity index (χ0n) is 10.6. The predicted octanol–water partition coefficient (Wildman–Crippen LogP) is 0.234. The molecule has 1 fully saturated rings. The zero-order chi connectivity index (χ0) is 13.8. The van der Waals surface area contributed by atoms with Gasteiger partial charge in [-0.25, -0.2) is 14.6 Å². The number of amides is 1. The zero-order valence-corrected chi connectivity index (χ0v) is 10.6. The number of esters is 1. The Bertz CT molecular complexity index is 474. The molecule has 1 aromatic rings. The van der Waals surface area contributed by atoms with Crippen molar-refractivity contribution in [3.63, 3.8) is 0 Å². The molecule has 2 rings (SSSR count). The molecule has 0 radical (unpaired) electrons. The number of carbonyl (C=O) groups is 2. The third-order valence-corrected chi connectivity index (χ3v) is 2.83. The molecule has 0 aliphatic carbocycles. The Morgan fingerprint density at radius 2 is 2.32 bits per heavy atom. The summed E-state index contributed by atoms with van der Waals surface area (Å²) in [6.45, 7) is 3.70. The van der Waals surface area contributed by atoms with Gasteiger partial charge in [0, 0.05) is 31.9 Å². The number of nitrogens with zero attached hydrogens (tertiary/aromatic N) is 2. The van der Waals surface area contributed by atoms with Gasteiger partial charge in [-0.05, 0) is 19.1 Å². The Balaban J connectivity index is 1.94. The minimum Gasteiger partial charge on any atom is -0.384 e. The van der Waals surface area contributed by atoms with Crippen molar-refractivity contribution in [3.8, 4) is 0 Å². The molecule has 1 aromatic heterocycles. The summed E-state index contributed by atoms with van der Waals surface area (Å²) in [6, 6.07) is 3.14. The quantitative estimate of drug-likeness (QED) is 0.557. The average Bonchev–Trinajstić information content (AvgIpc) is 2.39. The highest BCUT2D eigenvalue weighted by Gasteiger charge is 2.24. The van der Waals surface area contributed by atoms with Crippen LogP contribution < -0.4 is 11.1 Å². The molecular weight excluding hydrogens is 248 g/mol. The molecule has 0 spiro atoms. The lowest BCUT2D eigenvalue weighted by Crippen LogP contribution is -2.51. The molecule has 19 heavy (non-hydrogen) atoms. The van der Waals surface area contributed by atoms with E-state index in [4.69, 9.17) is 10.5 Å². The van der Waals surface area contributed by atoms with Gasteiger partial charge >= 0.3 is 12.1 Å². The molecular formula is C12H16N4O3. The van der Waals surface area contributed by atoms with E-state index in [-0.39, 0.29) is 11.6 Å². The number of hydrogen-bond acceptors (Lipinski definition) is 6. The Morgan fingerprint density at radius 1 is 1.53 bits per heavy atom. The van der Waals surface area contributed by atoms with E-state index in [9.17, 15) is 9.59 Å². The van der Waals surface area contributed by atoms with Crippen molar-refractivity contribution >= 4 is 17.9 Å². The topological polar surface area (TPSA) is 97.5 Å². The van der Waals surface area contributed by atoms with Gasteiger partial charge in [-0.3, -0.25) is 0 Å². The number of nitrogens with one attached hydrogen (secondary N) is 1. The summed E-state index contributed by atoms with van der Waals surface area (Å²) in [5.74, 6) is -0.414. The van der Waals surface area contributed by atoms with E-state index in [1.165, 1.54) is 23.2 Å². The number of nitrogen functional groups attached to an aromatic ring is 1. The summed E-state index contributed by atoms with van der Waals surface area (Å²) in [6.07, 6.45) is 0.654. The molecule has 1 aliphatic rings. The minimum absolute atomic E-state index is 0.189. The van der Waals surface area contributed by atoms with Crippen LogP contribution in [-0.2, 0) is 4.74 Å². The molecule has 1 amide bonds. The van der Waals surface area contributed by atoms with E-state index in [0.29, 0.717) is 25.5 Å². The maximum absolute atomic E-state index is 11.8. The second-order valence-corrected chi connectivity index (χ2v) is 4.43. The van der Waals surface area contributed by atoms with Crippen molar-refractivity contribution in [3.05, 3.63) is 23.9 Å². The summed E-state index contributed by atoms with van der Waals surface area (Å²) in [7, 11) is 0. The maximum Gasteiger partial charge on any atom is 0.417 e. The predicted molar refractivity (Wildman–Crippen MR) is 68.5 cm³/mol. The van der Waals surface area contributed by atoms with Gasteiger partial charge in [-0.2, -0.15) is 0 Å². The molecule has 102 valence electrons. The highest BCUT2D eigenvalue weighted by Crippen LogP contribution is 2.06. The number of carbonyl (C=O) groups excluding carboxylic acids is 2. The molecule has 1 unspecified atom stereocenters. The lowest BCUT2D eigenvalue weighted by molar-refractivity contribution is 0.0519. The van der Waals surface area contributed by atoms with Crippen LogP contribution in [0, 0.1) is 0 Å². The molecule has 0 bridgehead atoms. The number of aromatic nitrogens is 1. The summed E-state index contributed by atoms with van der Waals surface area (Å²) in [5.41, 5.74) is 5.61. The van der Waals surface area contributed by atoms with Gasteiger partial charge in [0.15, 0.2) is 0 Å². The van der Waals surface area contributed by atoms with Crippen LogP contribution in [0.5, 0.6) is 0 Å². The third kappa shape index (κ3) is 3.41. The van der Waals surface area contributed by atoms with Crippen LogP contribution in [0.25, 0.3) is 0 Å². The Kier molecular flexibility index (Phi) is 3.96. The second kappa shape index (κ2) is 5.66. The maximum atomic E-state index is 11.8. The molecule has 2 heterocycles. The van der Waals surface area contributed by atoms with Gasteiger partial charge in [0.2, 0.25) is 0 Å². The Labute approximate surface area is 110 Å². The fraction of sp³-hybridized carbons (Fsp3) is 0.417. The van der Waals surface area contributed by atoms with Gasteiger partial charge < -0.3 is 20.7 Å². The van der Waals surface area contributed by atoms with E-state index < -0.39 is 12.1 Å². The smallest absolute Gasteiger partial charge is 0.384 e. The highest BCUT2D eigenvalue weighted by molar-refractivity contribution is 5.96. The van der Waals surface area contributed by atoms with E-state index >= 15 is 0 Å². The monoisotopic (exact) mass is 264 g/mol. The van der Waals surface area contributed by atoms with Crippen molar-refractivity contribution in [2.45, 2.75) is 13.0 Å². The number of nitrogens with two attached hydrogens (primary N) is 1. The number of piperazine rings is 1. The standard InChI is InChI=1S/C12H16N4O3/c1-8-7-16(5-4-14-8)12(18)19-11(17)9-2-3-10(13)15-6-9/h2-3,6,8,14H,4-5,7H2,1H3,(H2,13,15). The average molecular weight is 264 g/mol. The Morgan fingerprint density at radius 3 is 2.95 bits per heavy atom. The minimum atomic E-state index is -0.719. The second-order valence-electron chi connectivity index (χ2n) is 4.43. The first-order chi connectivity index (χ1) is 9.06. The summed E-state index contributed by atoms with van der Waals surface area (Å²) < 4.78 is 4.80. The van der Waals surface area contributed by atoms with E-state index in [2.05, 4.69) is 10.3 Å². The summed E-state index contributed by atoms with van der Waals surface area (Å²) >= 11 is 0. The van der Waals surface area contributed by atoms with Crippen LogP contribution in [0.1, 0.15) is 17.3 Å². The van der Waals surface area contributed by atoms with Crippen LogP contribution in [0.15, 0.2) is 18.3 Å². The molecule has 1 atom stereocenters.